The van der Waals surface area contributed by atoms with Crippen LogP contribution in [-0.2, 0) is 9.47 Å². The molecular weight excluding hydrogens is 292 g/mol. The third kappa shape index (κ3) is 6.28. The molecule has 2 rings (SSSR count). The van der Waals surface area contributed by atoms with Crippen molar-refractivity contribution in [3.63, 3.8) is 0 Å². The number of aliphatic imine (C=N–C) groups is 1. The molecule has 0 amide bonds. The molecule has 2 aliphatic heterocycles. The van der Waals surface area contributed by atoms with Crippen molar-refractivity contribution in [1.29, 1.82) is 0 Å². The summed E-state index contributed by atoms with van der Waals surface area (Å²) in [6.45, 7) is 11.8. The molecular formula is C17H34N4O2. The molecule has 2 heterocycles. The van der Waals surface area contributed by atoms with Crippen LogP contribution in [0, 0.1) is 11.8 Å². The predicted octanol–water partition coefficient (Wildman–Crippen LogP) is 0.935. The van der Waals surface area contributed by atoms with Gasteiger partial charge in [0, 0.05) is 51.8 Å². The van der Waals surface area contributed by atoms with Crippen LogP contribution in [0.5, 0.6) is 0 Å². The monoisotopic (exact) mass is 326 g/mol. The van der Waals surface area contributed by atoms with Gasteiger partial charge in [-0.2, -0.15) is 0 Å². The van der Waals surface area contributed by atoms with E-state index in [1.54, 1.807) is 0 Å². The number of nitrogens with one attached hydrogen (secondary N) is 2. The summed E-state index contributed by atoms with van der Waals surface area (Å²) in [5.41, 5.74) is 0. The molecule has 0 saturated carbocycles. The summed E-state index contributed by atoms with van der Waals surface area (Å²) in [7, 11) is 1.84. The van der Waals surface area contributed by atoms with Gasteiger partial charge in [-0.15, -0.1) is 0 Å². The first-order chi connectivity index (χ1) is 11.2. The lowest BCUT2D eigenvalue weighted by molar-refractivity contribution is 0.00246. The average Bonchev–Trinajstić information content (AvgIpc) is 3.08. The summed E-state index contributed by atoms with van der Waals surface area (Å²) >= 11 is 0. The summed E-state index contributed by atoms with van der Waals surface area (Å²) in [6, 6.07) is 0.491. The van der Waals surface area contributed by atoms with Gasteiger partial charge < -0.3 is 20.1 Å². The van der Waals surface area contributed by atoms with Crippen molar-refractivity contribution >= 4 is 5.96 Å². The van der Waals surface area contributed by atoms with E-state index >= 15 is 0 Å². The lowest BCUT2D eigenvalue weighted by Gasteiger charge is -2.37. The smallest absolute Gasteiger partial charge is 0.191 e. The quantitative estimate of drug-likeness (QED) is 0.538. The summed E-state index contributed by atoms with van der Waals surface area (Å²) in [6.07, 6.45) is 2.31. The van der Waals surface area contributed by atoms with E-state index in [4.69, 9.17) is 9.47 Å². The highest BCUT2D eigenvalue weighted by Crippen LogP contribution is 2.21. The van der Waals surface area contributed by atoms with Crippen LogP contribution in [0.25, 0.3) is 0 Å². The molecule has 2 atom stereocenters. The minimum Gasteiger partial charge on any atom is -0.381 e. The third-order valence-electron chi connectivity index (χ3n) is 4.74. The molecule has 2 saturated heterocycles. The van der Waals surface area contributed by atoms with Crippen LogP contribution in [0.4, 0.5) is 0 Å². The van der Waals surface area contributed by atoms with Gasteiger partial charge in [-0.05, 0) is 18.8 Å². The molecule has 0 aliphatic carbocycles. The van der Waals surface area contributed by atoms with E-state index in [1.807, 2.05) is 7.05 Å². The first-order valence-corrected chi connectivity index (χ1v) is 9.04. The predicted molar refractivity (Wildman–Crippen MR) is 93.9 cm³/mol. The van der Waals surface area contributed by atoms with Gasteiger partial charge in [0.05, 0.1) is 19.8 Å². The number of ether oxygens (including phenoxy) is 2. The standard InChI is InChI=1S/C17H34N4O2/c1-14(2)4-6-19-17(18-3)20-12-16(15-5-9-23-13-15)21-7-10-22-11-8-21/h14-16H,4-13H2,1-3H3,(H2,18,19,20). The van der Waals surface area contributed by atoms with Crippen molar-refractivity contribution in [1.82, 2.24) is 15.5 Å². The van der Waals surface area contributed by atoms with Gasteiger partial charge in [-0.3, -0.25) is 9.89 Å². The summed E-state index contributed by atoms with van der Waals surface area (Å²) in [5.74, 6) is 2.22. The molecule has 2 N–H and O–H groups in total. The lowest BCUT2D eigenvalue weighted by atomic mass is 9.97. The molecule has 0 bridgehead atoms. The summed E-state index contributed by atoms with van der Waals surface area (Å²) in [5, 5.41) is 6.93. The van der Waals surface area contributed by atoms with Crippen molar-refractivity contribution in [3.8, 4) is 0 Å². The van der Waals surface area contributed by atoms with Crippen LogP contribution in [0.15, 0.2) is 4.99 Å². The Morgan fingerprint density at radius 3 is 2.57 bits per heavy atom. The molecule has 6 heteroatoms. The second-order valence-corrected chi connectivity index (χ2v) is 6.90. The maximum Gasteiger partial charge on any atom is 0.191 e. The molecule has 2 aliphatic rings. The highest BCUT2D eigenvalue weighted by atomic mass is 16.5. The van der Waals surface area contributed by atoms with Gasteiger partial charge in [0.1, 0.15) is 0 Å². The lowest BCUT2D eigenvalue weighted by Crippen LogP contribution is -2.53. The Balaban J connectivity index is 1.83. The Hall–Kier alpha value is -0.850. The van der Waals surface area contributed by atoms with Crippen molar-refractivity contribution in [2.24, 2.45) is 16.8 Å². The Kier molecular flexibility index (Phi) is 8.12. The zero-order chi connectivity index (χ0) is 16.5. The number of guanidine groups is 1. The van der Waals surface area contributed by atoms with Crippen LogP contribution in [0.3, 0.4) is 0 Å². The fourth-order valence-electron chi connectivity index (χ4n) is 3.26. The normalized spacial score (nSPS) is 24.9. The largest absolute Gasteiger partial charge is 0.381 e. The second kappa shape index (κ2) is 10.1. The maximum absolute atomic E-state index is 5.62. The molecule has 0 radical (unpaired) electrons. The Morgan fingerprint density at radius 2 is 1.96 bits per heavy atom. The SMILES string of the molecule is CN=C(NCCC(C)C)NCC(C1CCOC1)N1CCOCC1. The van der Waals surface area contributed by atoms with E-state index in [0.717, 1.165) is 71.4 Å². The van der Waals surface area contributed by atoms with Gasteiger partial charge in [0.15, 0.2) is 5.96 Å². The first-order valence-electron chi connectivity index (χ1n) is 9.04. The van der Waals surface area contributed by atoms with Crippen LogP contribution in [0.2, 0.25) is 0 Å². The van der Waals surface area contributed by atoms with Crippen LogP contribution >= 0.6 is 0 Å². The number of nitrogens with zero attached hydrogens (tertiary/aromatic N) is 2. The minimum atomic E-state index is 0.491. The first kappa shape index (κ1) is 18.5. The van der Waals surface area contributed by atoms with E-state index in [0.29, 0.717) is 17.9 Å². The van der Waals surface area contributed by atoms with Gasteiger partial charge in [-0.1, -0.05) is 13.8 Å². The number of hydrogen-bond acceptors (Lipinski definition) is 4. The topological polar surface area (TPSA) is 58.1 Å². The zero-order valence-corrected chi connectivity index (χ0v) is 15.0. The highest BCUT2D eigenvalue weighted by Gasteiger charge is 2.31. The molecule has 0 aromatic rings. The van der Waals surface area contributed by atoms with Crippen LogP contribution in [-0.4, -0.2) is 76.6 Å². The maximum atomic E-state index is 5.62. The number of rotatable bonds is 7. The number of hydrogen-bond donors (Lipinski definition) is 2. The van der Waals surface area contributed by atoms with E-state index < -0.39 is 0 Å². The van der Waals surface area contributed by atoms with E-state index in [1.165, 1.54) is 0 Å². The van der Waals surface area contributed by atoms with Crippen molar-refractivity contribution in [2.75, 3.05) is 59.7 Å². The van der Waals surface area contributed by atoms with Crippen LogP contribution in [0.1, 0.15) is 26.7 Å². The van der Waals surface area contributed by atoms with Crippen molar-refractivity contribution in [3.05, 3.63) is 0 Å². The fraction of sp³-hybridized carbons (Fsp3) is 0.941. The molecule has 134 valence electrons. The molecule has 0 aromatic heterocycles. The fourth-order valence-corrected chi connectivity index (χ4v) is 3.26. The zero-order valence-electron chi connectivity index (χ0n) is 15.0. The second-order valence-electron chi connectivity index (χ2n) is 6.90. The minimum absolute atomic E-state index is 0.491. The highest BCUT2D eigenvalue weighted by molar-refractivity contribution is 5.79. The Bertz CT molecular complexity index is 351. The molecule has 0 spiro atoms. The Morgan fingerprint density at radius 1 is 1.17 bits per heavy atom. The van der Waals surface area contributed by atoms with Crippen molar-refractivity contribution in [2.45, 2.75) is 32.7 Å². The van der Waals surface area contributed by atoms with E-state index in [-0.39, 0.29) is 0 Å². The van der Waals surface area contributed by atoms with Crippen LogP contribution < -0.4 is 10.6 Å². The molecule has 2 unspecified atom stereocenters. The number of morpholine rings is 1. The molecule has 2 fully saturated rings. The van der Waals surface area contributed by atoms with E-state index in [2.05, 4.69) is 34.4 Å². The summed E-state index contributed by atoms with van der Waals surface area (Å²) in [4.78, 5) is 6.90. The van der Waals surface area contributed by atoms with E-state index in [9.17, 15) is 0 Å². The molecule has 0 aromatic carbocycles. The molecule has 6 nitrogen and oxygen atoms in total. The Labute approximate surface area is 141 Å². The average molecular weight is 326 g/mol. The van der Waals surface area contributed by atoms with Crippen molar-refractivity contribution < 1.29 is 9.47 Å². The van der Waals surface area contributed by atoms with Gasteiger partial charge in [0.2, 0.25) is 0 Å². The molecule has 23 heavy (non-hydrogen) atoms. The summed E-state index contributed by atoms with van der Waals surface area (Å²) < 4.78 is 11.1. The van der Waals surface area contributed by atoms with Gasteiger partial charge >= 0.3 is 0 Å². The van der Waals surface area contributed by atoms with Gasteiger partial charge in [-0.25, -0.2) is 0 Å². The third-order valence-corrected chi connectivity index (χ3v) is 4.74. The van der Waals surface area contributed by atoms with Gasteiger partial charge in [0.25, 0.3) is 0 Å².